The smallest absolute Gasteiger partial charge is 0.252 e. The predicted octanol–water partition coefficient (Wildman–Crippen LogP) is 1.64. The highest BCUT2D eigenvalue weighted by molar-refractivity contribution is 6.01. The van der Waals surface area contributed by atoms with Crippen LogP contribution in [0.5, 0.6) is 11.6 Å². The minimum atomic E-state index is -0.554. The summed E-state index contributed by atoms with van der Waals surface area (Å²) in [6.45, 7) is 2.47. The summed E-state index contributed by atoms with van der Waals surface area (Å²) in [6.07, 6.45) is 3.50. The number of aromatic nitrogens is 1. The van der Waals surface area contributed by atoms with Gasteiger partial charge in [-0.05, 0) is 36.4 Å². The molecular formula is C19H21N3O4. The molecule has 7 heteroatoms. The first-order chi connectivity index (χ1) is 12.5. The second-order valence-corrected chi connectivity index (χ2v) is 6.97. The van der Waals surface area contributed by atoms with Gasteiger partial charge in [-0.2, -0.15) is 0 Å². The van der Waals surface area contributed by atoms with E-state index in [0.29, 0.717) is 23.8 Å². The highest BCUT2D eigenvalue weighted by atomic mass is 16.5. The Balaban J connectivity index is 1.63. The van der Waals surface area contributed by atoms with Gasteiger partial charge in [-0.3, -0.25) is 9.59 Å². The monoisotopic (exact) mass is 355 g/mol. The fourth-order valence-corrected chi connectivity index (χ4v) is 4.13. The Morgan fingerprint density at radius 2 is 2.27 bits per heavy atom. The summed E-state index contributed by atoms with van der Waals surface area (Å²) >= 11 is 0. The van der Waals surface area contributed by atoms with Gasteiger partial charge in [-0.15, -0.1) is 0 Å². The van der Waals surface area contributed by atoms with Crippen molar-refractivity contribution in [3.63, 3.8) is 0 Å². The summed E-state index contributed by atoms with van der Waals surface area (Å²) < 4.78 is 11.3. The first-order valence-electron chi connectivity index (χ1n) is 8.70. The number of piperidine rings is 1. The molecule has 1 aromatic heterocycles. The lowest BCUT2D eigenvalue weighted by Crippen LogP contribution is -2.39. The number of rotatable bonds is 6. The van der Waals surface area contributed by atoms with Crippen LogP contribution >= 0.6 is 0 Å². The molecule has 2 fully saturated rings. The van der Waals surface area contributed by atoms with Gasteiger partial charge in [-0.1, -0.05) is 6.92 Å². The van der Waals surface area contributed by atoms with E-state index >= 15 is 0 Å². The van der Waals surface area contributed by atoms with E-state index in [9.17, 15) is 9.59 Å². The summed E-state index contributed by atoms with van der Waals surface area (Å²) in [7, 11) is 1.48. The lowest BCUT2D eigenvalue weighted by Gasteiger charge is -2.22. The molecule has 1 saturated heterocycles. The van der Waals surface area contributed by atoms with Gasteiger partial charge in [0.1, 0.15) is 12.4 Å². The highest BCUT2D eigenvalue weighted by Gasteiger charge is 2.66. The van der Waals surface area contributed by atoms with Crippen molar-refractivity contribution in [2.75, 3.05) is 13.7 Å². The van der Waals surface area contributed by atoms with Crippen molar-refractivity contribution >= 4 is 22.6 Å². The SMILES string of the molecule is CC[C@]12CC1C(=O)N[C@@H]2COc1nccc2cc(C(N)=O)c(OC)cc12. The van der Waals surface area contributed by atoms with Crippen molar-refractivity contribution in [1.29, 1.82) is 0 Å². The molecule has 3 atom stereocenters. The van der Waals surface area contributed by atoms with Crippen LogP contribution < -0.4 is 20.5 Å². The number of hydrogen-bond donors (Lipinski definition) is 2. The van der Waals surface area contributed by atoms with Gasteiger partial charge in [0.25, 0.3) is 5.91 Å². The largest absolute Gasteiger partial charge is 0.496 e. The number of nitrogens with zero attached hydrogens (tertiary/aromatic N) is 1. The van der Waals surface area contributed by atoms with Crippen LogP contribution in [0.2, 0.25) is 0 Å². The van der Waals surface area contributed by atoms with Crippen molar-refractivity contribution < 1.29 is 19.1 Å². The number of fused-ring (bicyclic) bond motifs is 2. The Labute approximate surface area is 150 Å². The molecule has 136 valence electrons. The lowest BCUT2D eigenvalue weighted by molar-refractivity contribution is -0.121. The Kier molecular flexibility index (Phi) is 3.75. The van der Waals surface area contributed by atoms with Crippen LogP contribution in [-0.2, 0) is 4.79 Å². The zero-order chi connectivity index (χ0) is 18.5. The topological polar surface area (TPSA) is 104 Å². The van der Waals surface area contributed by atoms with Crippen LogP contribution in [-0.4, -0.2) is 36.6 Å². The van der Waals surface area contributed by atoms with E-state index in [4.69, 9.17) is 15.2 Å². The average molecular weight is 355 g/mol. The number of ether oxygens (including phenoxy) is 2. The summed E-state index contributed by atoms with van der Waals surface area (Å²) in [5, 5.41) is 4.55. The van der Waals surface area contributed by atoms with Gasteiger partial charge in [0.05, 0.1) is 18.7 Å². The van der Waals surface area contributed by atoms with Crippen LogP contribution in [0, 0.1) is 11.3 Å². The van der Waals surface area contributed by atoms with E-state index in [1.54, 1.807) is 24.4 Å². The number of pyridine rings is 1. The molecule has 1 aromatic carbocycles. The number of amides is 2. The highest BCUT2D eigenvalue weighted by Crippen LogP contribution is 2.61. The number of hydrogen-bond acceptors (Lipinski definition) is 5. The van der Waals surface area contributed by atoms with Crippen LogP contribution in [0.25, 0.3) is 10.8 Å². The van der Waals surface area contributed by atoms with Crippen LogP contribution in [0.3, 0.4) is 0 Å². The normalized spacial score (nSPS) is 26.3. The standard InChI is InChI=1S/C19H21N3O4/c1-3-19-8-13(19)17(24)22-15(19)9-26-18-11-7-14(25-2)12(16(20)23)6-10(11)4-5-21-18/h4-7,13,15H,3,8-9H2,1-2H3,(H2,20,23)(H,22,24)/t13?,15-,19+/m1/s1. The molecule has 2 aromatic rings. The second-order valence-electron chi connectivity index (χ2n) is 6.97. The molecule has 2 heterocycles. The zero-order valence-electron chi connectivity index (χ0n) is 14.7. The van der Waals surface area contributed by atoms with Gasteiger partial charge in [0.2, 0.25) is 11.8 Å². The van der Waals surface area contributed by atoms with Gasteiger partial charge in [0.15, 0.2) is 0 Å². The minimum Gasteiger partial charge on any atom is -0.496 e. The molecule has 2 amide bonds. The second kappa shape index (κ2) is 5.86. The van der Waals surface area contributed by atoms with E-state index in [2.05, 4.69) is 17.2 Å². The third-order valence-corrected chi connectivity index (χ3v) is 5.80. The van der Waals surface area contributed by atoms with Crippen molar-refractivity contribution in [3.8, 4) is 11.6 Å². The molecule has 1 aliphatic heterocycles. The van der Waals surface area contributed by atoms with E-state index in [1.807, 2.05) is 0 Å². The van der Waals surface area contributed by atoms with Gasteiger partial charge < -0.3 is 20.5 Å². The summed E-state index contributed by atoms with van der Waals surface area (Å²) in [6, 6.07) is 5.16. The fraction of sp³-hybridized carbons (Fsp3) is 0.421. The Morgan fingerprint density at radius 3 is 2.92 bits per heavy atom. The third kappa shape index (κ3) is 2.38. The number of nitrogens with one attached hydrogen (secondary N) is 1. The first-order valence-corrected chi connectivity index (χ1v) is 8.70. The molecule has 1 unspecified atom stereocenters. The molecule has 26 heavy (non-hydrogen) atoms. The quantitative estimate of drug-likeness (QED) is 0.820. The Morgan fingerprint density at radius 1 is 1.46 bits per heavy atom. The number of primary amides is 1. The molecule has 3 N–H and O–H groups in total. The number of nitrogens with two attached hydrogens (primary N) is 1. The lowest BCUT2D eigenvalue weighted by atomic mass is 9.94. The molecule has 4 rings (SSSR count). The maximum atomic E-state index is 12.0. The Bertz CT molecular complexity index is 913. The number of benzene rings is 1. The van der Waals surface area contributed by atoms with Crippen LogP contribution in [0.4, 0.5) is 0 Å². The molecule has 2 aliphatic rings. The van der Waals surface area contributed by atoms with E-state index in [1.165, 1.54) is 7.11 Å². The minimum absolute atomic E-state index is 0.00570. The fourth-order valence-electron chi connectivity index (χ4n) is 4.13. The van der Waals surface area contributed by atoms with Gasteiger partial charge >= 0.3 is 0 Å². The molecule has 1 saturated carbocycles. The predicted molar refractivity (Wildman–Crippen MR) is 95.1 cm³/mol. The Hall–Kier alpha value is -2.83. The van der Waals surface area contributed by atoms with Gasteiger partial charge in [0, 0.05) is 22.9 Å². The summed E-state index contributed by atoms with van der Waals surface area (Å²) in [5.41, 5.74) is 5.75. The molecule has 0 bridgehead atoms. The average Bonchev–Trinajstić information content (AvgIpc) is 3.33. The maximum absolute atomic E-state index is 12.0. The number of carbonyl (C=O) groups is 2. The van der Waals surface area contributed by atoms with E-state index in [-0.39, 0.29) is 23.3 Å². The van der Waals surface area contributed by atoms with E-state index < -0.39 is 5.91 Å². The van der Waals surface area contributed by atoms with E-state index in [0.717, 1.165) is 23.6 Å². The first kappa shape index (κ1) is 16.6. The molecule has 1 aliphatic carbocycles. The zero-order valence-corrected chi connectivity index (χ0v) is 14.7. The van der Waals surface area contributed by atoms with Crippen molar-refractivity contribution in [2.45, 2.75) is 25.8 Å². The summed E-state index contributed by atoms with van der Waals surface area (Å²) in [5.74, 6) is 0.519. The third-order valence-electron chi connectivity index (χ3n) is 5.80. The van der Waals surface area contributed by atoms with Crippen molar-refractivity contribution in [2.24, 2.45) is 17.1 Å². The van der Waals surface area contributed by atoms with Gasteiger partial charge in [-0.25, -0.2) is 4.98 Å². The number of methoxy groups -OCH3 is 1. The number of carbonyl (C=O) groups excluding carboxylic acids is 2. The summed E-state index contributed by atoms with van der Waals surface area (Å²) in [4.78, 5) is 27.9. The molecular weight excluding hydrogens is 334 g/mol. The van der Waals surface area contributed by atoms with Crippen molar-refractivity contribution in [3.05, 3.63) is 30.0 Å². The molecule has 7 nitrogen and oxygen atoms in total. The van der Waals surface area contributed by atoms with Crippen LogP contribution in [0.1, 0.15) is 30.1 Å². The molecule has 0 spiro atoms. The molecule has 0 radical (unpaired) electrons. The van der Waals surface area contributed by atoms with Crippen molar-refractivity contribution in [1.82, 2.24) is 10.3 Å². The maximum Gasteiger partial charge on any atom is 0.252 e. The van der Waals surface area contributed by atoms with Crippen LogP contribution in [0.15, 0.2) is 24.4 Å².